The molecule has 0 radical (unpaired) electrons. The first-order valence-electron chi connectivity index (χ1n) is 24.7. The maximum atomic E-state index is 12.9. The summed E-state index contributed by atoms with van der Waals surface area (Å²) < 4.78 is 23.7. The smallest absolute Gasteiger partial charge is 0.391 e. The zero-order valence-electron chi connectivity index (χ0n) is 39.0. The summed E-state index contributed by atoms with van der Waals surface area (Å²) in [7, 11) is 1.60. The van der Waals surface area contributed by atoms with E-state index < -0.39 is 20.0 Å². The van der Waals surface area contributed by atoms with Crippen molar-refractivity contribution < 1.29 is 32.9 Å². The highest BCUT2D eigenvalue weighted by molar-refractivity contribution is 7.47. The molecule has 344 valence electrons. The van der Waals surface area contributed by atoms with E-state index in [4.69, 9.17) is 9.05 Å². The fourth-order valence-electron chi connectivity index (χ4n) is 7.21. The maximum Gasteiger partial charge on any atom is 0.472 e. The van der Waals surface area contributed by atoms with E-state index in [1.165, 1.54) is 161 Å². The first-order valence-corrected chi connectivity index (χ1v) is 26.2. The molecule has 0 rings (SSSR count). The van der Waals surface area contributed by atoms with E-state index in [1.807, 2.05) is 21.1 Å². The lowest BCUT2D eigenvalue weighted by atomic mass is 10.0. The van der Waals surface area contributed by atoms with Crippen LogP contribution in [0.4, 0.5) is 0 Å². The highest BCUT2D eigenvalue weighted by Gasteiger charge is 2.28. The van der Waals surface area contributed by atoms with Crippen molar-refractivity contribution in [1.29, 1.82) is 0 Å². The monoisotopic (exact) mass is 842 g/mol. The number of nitrogens with zero attached hydrogens (tertiary/aromatic N) is 1. The van der Waals surface area contributed by atoms with Gasteiger partial charge in [-0.05, 0) is 64.2 Å². The summed E-state index contributed by atoms with van der Waals surface area (Å²) in [5, 5.41) is 14.0. The fourth-order valence-corrected chi connectivity index (χ4v) is 7.95. The zero-order valence-corrected chi connectivity index (χ0v) is 39.9. The van der Waals surface area contributed by atoms with Crippen molar-refractivity contribution in [3.05, 3.63) is 24.3 Å². The number of unbranched alkanes of at least 4 members (excludes halogenated alkanes) is 28. The van der Waals surface area contributed by atoms with E-state index in [0.717, 1.165) is 44.9 Å². The number of aliphatic hydroxyl groups is 1. The molecule has 0 aliphatic heterocycles. The van der Waals surface area contributed by atoms with Gasteiger partial charge >= 0.3 is 7.82 Å². The molecule has 1 amide bonds. The Morgan fingerprint density at radius 1 is 0.569 bits per heavy atom. The van der Waals surface area contributed by atoms with Crippen LogP contribution < -0.4 is 5.32 Å². The number of carbonyl (C=O) groups is 1. The summed E-state index contributed by atoms with van der Waals surface area (Å²) in [6, 6.07) is -0.776. The molecule has 1 unspecified atom stereocenters. The highest BCUT2D eigenvalue weighted by atomic mass is 31.2. The van der Waals surface area contributed by atoms with Crippen LogP contribution in [0.1, 0.15) is 232 Å². The normalized spacial score (nSPS) is 14.4. The van der Waals surface area contributed by atoms with Gasteiger partial charge in [-0.3, -0.25) is 13.8 Å². The standard InChI is InChI=1S/C49H97N2O6P/c1-6-8-10-12-14-16-18-20-22-24-25-27-29-31-33-35-37-39-41-43-49(53)50-47(46-57-58(54,55)56-45-44-51(3,4)5)48(52)42-40-38-36-34-32-30-28-26-23-21-19-17-15-13-11-9-7-2/h20,22,32,34,47-48,52H,6-19,21,23-31,33,35-46H2,1-5H3,(H-,50,53,54,55)/p+1/b22-20+,34-32+/t47-,48+/m0/s1. The van der Waals surface area contributed by atoms with Crippen LogP contribution in [0, 0.1) is 0 Å². The Morgan fingerprint density at radius 2 is 0.931 bits per heavy atom. The van der Waals surface area contributed by atoms with E-state index in [-0.39, 0.29) is 19.1 Å². The topological polar surface area (TPSA) is 105 Å². The molecule has 58 heavy (non-hydrogen) atoms. The van der Waals surface area contributed by atoms with Gasteiger partial charge in [-0.25, -0.2) is 4.57 Å². The molecule has 0 aromatic rings. The molecule has 3 atom stereocenters. The van der Waals surface area contributed by atoms with Crippen molar-refractivity contribution in [2.45, 2.75) is 244 Å². The van der Waals surface area contributed by atoms with Crippen LogP contribution in [0.2, 0.25) is 0 Å². The van der Waals surface area contributed by atoms with Gasteiger partial charge in [-0.15, -0.1) is 0 Å². The Labute approximate surface area is 360 Å². The molecule has 0 aromatic carbocycles. The molecule has 9 heteroatoms. The van der Waals surface area contributed by atoms with Gasteiger partial charge in [0, 0.05) is 6.42 Å². The highest BCUT2D eigenvalue weighted by Crippen LogP contribution is 2.43. The molecular formula is C49H98N2O6P+. The Hall–Kier alpha value is -1.02. The number of quaternary nitrogens is 1. The molecule has 8 nitrogen and oxygen atoms in total. The average molecular weight is 842 g/mol. The lowest BCUT2D eigenvalue weighted by Gasteiger charge is -2.26. The van der Waals surface area contributed by atoms with Crippen molar-refractivity contribution in [2.75, 3.05) is 40.9 Å². The van der Waals surface area contributed by atoms with Gasteiger partial charge in [0.15, 0.2) is 0 Å². The molecule has 0 spiro atoms. The summed E-state index contributed by atoms with van der Waals surface area (Å²) in [5.41, 5.74) is 0. The number of hydrogen-bond acceptors (Lipinski definition) is 5. The number of nitrogens with one attached hydrogen (secondary N) is 1. The van der Waals surface area contributed by atoms with Crippen molar-refractivity contribution >= 4 is 13.7 Å². The van der Waals surface area contributed by atoms with Gasteiger partial charge in [0.2, 0.25) is 5.91 Å². The Bertz CT molecular complexity index is 1000. The third kappa shape index (κ3) is 43.1. The second kappa shape index (κ2) is 41.3. The van der Waals surface area contributed by atoms with Crippen LogP contribution in [-0.2, 0) is 18.4 Å². The molecule has 0 aromatic heterocycles. The van der Waals surface area contributed by atoms with Crippen molar-refractivity contribution in [2.24, 2.45) is 0 Å². The van der Waals surface area contributed by atoms with Crippen LogP contribution in [0.3, 0.4) is 0 Å². The third-order valence-electron chi connectivity index (χ3n) is 11.2. The first kappa shape index (κ1) is 57.0. The van der Waals surface area contributed by atoms with Gasteiger partial charge in [0.25, 0.3) is 0 Å². The van der Waals surface area contributed by atoms with Gasteiger partial charge in [-0.1, -0.05) is 186 Å². The lowest BCUT2D eigenvalue weighted by Crippen LogP contribution is -2.46. The van der Waals surface area contributed by atoms with Crippen LogP contribution in [0.5, 0.6) is 0 Å². The second-order valence-electron chi connectivity index (χ2n) is 18.2. The molecule has 0 aliphatic carbocycles. The number of allylic oxidation sites excluding steroid dienone is 4. The van der Waals surface area contributed by atoms with Gasteiger partial charge in [0.1, 0.15) is 13.2 Å². The summed E-state index contributed by atoms with van der Waals surface area (Å²) in [5.74, 6) is -0.155. The number of hydrogen-bond donors (Lipinski definition) is 3. The predicted molar refractivity (Wildman–Crippen MR) is 249 cm³/mol. The zero-order chi connectivity index (χ0) is 42.8. The minimum absolute atomic E-state index is 0.0701. The largest absolute Gasteiger partial charge is 0.472 e. The van der Waals surface area contributed by atoms with Crippen LogP contribution in [-0.4, -0.2) is 73.4 Å². The lowest BCUT2D eigenvalue weighted by molar-refractivity contribution is -0.870. The Morgan fingerprint density at radius 3 is 1.33 bits per heavy atom. The summed E-state index contributed by atoms with van der Waals surface area (Å²) in [6.45, 7) is 4.88. The molecule has 0 heterocycles. The SMILES string of the molecule is CCCCCCCC/C=C/CCCCCCCCCCCC(=O)N[C@@H](COP(=O)(O)OCC[N+](C)(C)C)[C@H](O)CCCC/C=C/CCCCCCCCCCCCC. The Kier molecular flexibility index (Phi) is 40.6. The molecule has 0 saturated heterocycles. The molecule has 3 N–H and O–H groups in total. The van der Waals surface area contributed by atoms with Gasteiger partial charge in [-0.2, -0.15) is 0 Å². The third-order valence-corrected chi connectivity index (χ3v) is 12.2. The van der Waals surface area contributed by atoms with Crippen molar-refractivity contribution in [3.63, 3.8) is 0 Å². The number of carbonyl (C=O) groups excluding carboxylic acids is 1. The average Bonchev–Trinajstić information content (AvgIpc) is 3.17. The van der Waals surface area contributed by atoms with Crippen molar-refractivity contribution in [1.82, 2.24) is 5.32 Å². The van der Waals surface area contributed by atoms with Gasteiger partial charge < -0.3 is 19.8 Å². The van der Waals surface area contributed by atoms with E-state index in [0.29, 0.717) is 23.9 Å². The van der Waals surface area contributed by atoms with Gasteiger partial charge in [0.05, 0.1) is 39.9 Å². The number of rotatable bonds is 45. The quantitative estimate of drug-likeness (QED) is 0.0244. The summed E-state index contributed by atoms with van der Waals surface area (Å²) in [4.78, 5) is 23.2. The fraction of sp³-hybridized carbons (Fsp3) is 0.898. The molecular weight excluding hydrogens is 744 g/mol. The number of phosphoric ester groups is 1. The number of phosphoric acid groups is 1. The maximum absolute atomic E-state index is 12.9. The molecule has 0 fully saturated rings. The van der Waals surface area contributed by atoms with E-state index >= 15 is 0 Å². The molecule has 0 bridgehead atoms. The Balaban J connectivity index is 4.32. The van der Waals surface area contributed by atoms with Crippen LogP contribution in [0.15, 0.2) is 24.3 Å². The first-order chi connectivity index (χ1) is 28.0. The molecule has 0 saturated carbocycles. The van der Waals surface area contributed by atoms with Crippen LogP contribution >= 0.6 is 7.82 Å². The van der Waals surface area contributed by atoms with E-state index in [2.05, 4.69) is 43.5 Å². The summed E-state index contributed by atoms with van der Waals surface area (Å²) in [6.07, 6.45) is 49.2. The van der Waals surface area contributed by atoms with Crippen LogP contribution in [0.25, 0.3) is 0 Å². The van der Waals surface area contributed by atoms with E-state index in [9.17, 15) is 19.4 Å². The van der Waals surface area contributed by atoms with E-state index in [1.54, 1.807) is 0 Å². The van der Waals surface area contributed by atoms with Crippen molar-refractivity contribution in [3.8, 4) is 0 Å². The minimum Gasteiger partial charge on any atom is -0.391 e. The number of likely N-dealkylation sites (N-methyl/N-ethyl adjacent to an activating group) is 1. The second-order valence-corrected chi connectivity index (χ2v) is 19.6. The minimum atomic E-state index is -4.32. The summed E-state index contributed by atoms with van der Waals surface area (Å²) >= 11 is 0. The number of amides is 1. The predicted octanol–water partition coefficient (Wildman–Crippen LogP) is 14.1. The molecule has 0 aliphatic rings. The number of aliphatic hydroxyl groups excluding tert-OH is 1.